The molecule has 0 bridgehead atoms. The predicted molar refractivity (Wildman–Crippen MR) is 88.2 cm³/mol. The van der Waals surface area contributed by atoms with Crippen LogP contribution in [-0.2, 0) is 0 Å². The first-order valence-electron chi connectivity index (χ1n) is 7.51. The minimum absolute atomic E-state index is 0.135. The number of benzene rings is 2. The highest BCUT2D eigenvalue weighted by molar-refractivity contribution is 5.80. The van der Waals surface area contributed by atoms with Crippen LogP contribution in [0.15, 0.2) is 53.3 Å². The third kappa shape index (κ3) is 2.86. The maximum absolute atomic E-state index is 12.2. The summed E-state index contributed by atoms with van der Waals surface area (Å²) in [6.07, 6.45) is 2.07. The number of nitrogens with zero attached hydrogens (tertiary/aromatic N) is 1. The highest BCUT2D eigenvalue weighted by Gasteiger charge is 2.10. The molecule has 3 rings (SSSR count). The summed E-state index contributed by atoms with van der Waals surface area (Å²) >= 11 is 0. The molecule has 0 amide bonds. The van der Waals surface area contributed by atoms with Crippen LogP contribution < -0.4 is 10.3 Å². The van der Waals surface area contributed by atoms with Gasteiger partial charge in [0, 0.05) is 0 Å². The molecule has 0 aliphatic rings. The minimum Gasteiger partial charge on any atom is -0.493 e. The Labute approximate surface area is 128 Å². The number of unbranched alkanes of at least 4 members (excludes halogenated alkanes) is 1. The third-order valence-electron chi connectivity index (χ3n) is 3.51. The van der Waals surface area contributed by atoms with Crippen molar-refractivity contribution in [2.75, 3.05) is 6.61 Å². The van der Waals surface area contributed by atoms with Gasteiger partial charge >= 0.3 is 0 Å². The van der Waals surface area contributed by atoms with E-state index in [1.54, 1.807) is 6.07 Å². The molecule has 1 N–H and O–H groups in total. The van der Waals surface area contributed by atoms with E-state index in [0.29, 0.717) is 23.3 Å². The Morgan fingerprint density at radius 1 is 1.09 bits per heavy atom. The average Bonchev–Trinajstić information content (AvgIpc) is 2.55. The quantitative estimate of drug-likeness (QED) is 0.729. The lowest BCUT2D eigenvalue weighted by Gasteiger charge is -2.11. The summed E-state index contributed by atoms with van der Waals surface area (Å²) in [5, 5.41) is 0.593. The van der Waals surface area contributed by atoms with Crippen LogP contribution in [0.25, 0.3) is 22.3 Å². The zero-order valence-electron chi connectivity index (χ0n) is 12.5. The first-order chi connectivity index (χ1) is 10.8. The molecule has 0 aliphatic carbocycles. The van der Waals surface area contributed by atoms with Crippen LogP contribution in [0.4, 0.5) is 0 Å². The van der Waals surface area contributed by atoms with Gasteiger partial charge in [0.15, 0.2) is 0 Å². The number of ether oxygens (including phenoxy) is 1. The summed E-state index contributed by atoms with van der Waals surface area (Å²) in [7, 11) is 0. The molecule has 2 aromatic carbocycles. The van der Waals surface area contributed by atoms with Crippen molar-refractivity contribution in [1.82, 2.24) is 9.97 Å². The van der Waals surface area contributed by atoms with E-state index >= 15 is 0 Å². The lowest BCUT2D eigenvalue weighted by molar-refractivity contribution is 0.310. The zero-order valence-corrected chi connectivity index (χ0v) is 12.5. The smallest absolute Gasteiger partial charge is 0.259 e. The lowest BCUT2D eigenvalue weighted by Crippen LogP contribution is -2.10. The monoisotopic (exact) mass is 294 g/mol. The Kier molecular flexibility index (Phi) is 4.19. The van der Waals surface area contributed by atoms with E-state index < -0.39 is 0 Å². The molecule has 0 saturated carbocycles. The number of para-hydroxylation sites is 2. The Hall–Kier alpha value is -2.62. The number of H-pyrrole nitrogens is 1. The highest BCUT2D eigenvalue weighted by Crippen LogP contribution is 2.27. The predicted octanol–water partition coefficient (Wildman–Crippen LogP) is 3.77. The number of nitrogens with one attached hydrogen (secondary N) is 1. The van der Waals surface area contributed by atoms with E-state index in [0.717, 1.165) is 24.2 Å². The standard InChI is InChI=1S/C18H18N2O2/c1-2-3-12-22-16-11-7-5-9-14(16)17-19-15-10-6-4-8-13(15)18(21)20-17/h4-11H,2-3,12H2,1H3,(H,19,20,21). The van der Waals surface area contributed by atoms with Crippen molar-refractivity contribution in [3.63, 3.8) is 0 Å². The molecule has 0 fully saturated rings. The number of fused-ring (bicyclic) bond motifs is 1. The zero-order chi connectivity index (χ0) is 15.4. The van der Waals surface area contributed by atoms with Crippen LogP contribution in [0, 0.1) is 0 Å². The second-order valence-corrected chi connectivity index (χ2v) is 5.13. The van der Waals surface area contributed by atoms with E-state index in [2.05, 4.69) is 16.9 Å². The normalized spacial score (nSPS) is 10.8. The van der Waals surface area contributed by atoms with Gasteiger partial charge in [-0.25, -0.2) is 4.98 Å². The average molecular weight is 294 g/mol. The number of aromatic amines is 1. The van der Waals surface area contributed by atoms with E-state index in [9.17, 15) is 4.79 Å². The van der Waals surface area contributed by atoms with Gasteiger partial charge in [0.1, 0.15) is 11.6 Å². The van der Waals surface area contributed by atoms with Gasteiger partial charge < -0.3 is 9.72 Å². The van der Waals surface area contributed by atoms with Crippen molar-refractivity contribution in [2.45, 2.75) is 19.8 Å². The van der Waals surface area contributed by atoms with Gasteiger partial charge in [-0.3, -0.25) is 4.79 Å². The van der Waals surface area contributed by atoms with Crippen LogP contribution in [0.5, 0.6) is 5.75 Å². The molecule has 22 heavy (non-hydrogen) atoms. The summed E-state index contributed by atoms with van der Waals surface area (Å²) in [5.74, 6) is 1.28. The van der Waals surface area contributed by atoms with Crippen molar-refractivity contribution in [3.8, 4) is 17.1 Å². The molecule has 1 aromatic heterocycles. The van der Waals surface area contributed by atoms with Crippen molar-refractivity contribution in [1.29, 1.82) is 0 Å². The topological polar surface area (TPSA) is 55.0 Å². The lowest BCUT2D eigenvalue weighted by atomic mass is 10.1. The fraction of sp³-hybridized carbons (Fsp3) is 0.222. The van der Waals surface area contributed by atoms with Crippen LogP contribution >= 0.6 is 0 Å². The molecular weight excluding hydrogens is 276 g/mol. The van der Waals surface area contributed by atoms with Crippen molar-refractivity contribution in [3.05, 3.63) is 58.9 Å². The fourth-order valence-corrected chi connectivity index (χ4v) is 2.33. The Morgan fingerprint density at radius 3 is 2.73 bits per heavy atom. The maximum Gasteiger partial charge on any atom is 0.259 e. The second kappa shape index (κ2) is 6.43. The van der Waals surface area contributed by atoms with E-state index in [1.165, 1.54) is 0 Å². The first-order valence-corrected chi connectivity index (χ1v) is 7.51. The summed E-state index contributed by atoms with van der Waals surface area (Å²) in [4.78, 5) is 19.6. The molecule has 0 spiro atoms. The molecule has 4 nitrogen and oxygen atoms in total. The van der Waals surface area contributed by atoms with Crippen molar-refractivity contribution < 1.29 is 4.74 Å². The molecule has 0 atom stereocenters. The summed E-state index contributed by atoms with van der Waals surface area (Å²) in [6.45, 7) is 2.78. The van der Waals surface area contributed by atoms with Crippen LogP contribution in [-0.4, -0.2) is 16.6 Å². The number of aromatic nitrogens is 2. The van der Waals surface area contributed by atoms with Gasteiger partial charge in [-0.2, -0.15) is 0 Å². The van der Waals surface area contributed by atoms with Crippen LogP contribution in [0.1, 0.15) is 19.8 Å². The van der Waals surface area contributed by atoms with Gasteiger partial charge in [0.25, 0.3) is 5.56 Å². The van der Waals surface area contributed by atoms with Crippen LogP contribution in [0.3, 0.4) is 0 Å². The van der Waals surface area contributed by atoms with Gasteiger partial charge in [-0.1, -0.05) is 37.6 Å². The summed E-state index contributed by atoms with van der Waals surface area (Å²) in [5.41, 5.74) is 1.36. The number of hydrogen-bond acceptors (Lipinski definition) is 3. The molecule has 1 heterocycles. The van der Waals surface area contributed by atoms with E-state index in [1.807, 2.05) is 42.5 Å². The third-order valence-corrected chi connectivity index (χ3v) is 3.51. The van der Waals surface area contributed by atoms with Gasteiger partial charge in [0.2, 0.25) is 0 Å². The molecule has 3 aromatic rings. The molecule has 112 valence electrons. The Morgan fingerprint density at radius 2 is 1.86 bits per heavy atom. The number of hydrogen-bond donors (Lipinski definition) is 1. The first kappa shape index (κ1) is 14.3. The maximum atomic E-state index is 12.2. The highest BCUT2D eigenvalue weighted by atomic mass is 16.5. The van der Waals surface area contributed by atoms with Gasteiger partial charge in [0.05, 0.1) is 23.1 Å². The fourth-order valence-electron chi connectivity index (χ4n) is 2.33. The van der Waals surface area contributed by atoms with Crippen LogP contribution in [0.2, 0.25) is 0 Å². The minimum atomic E-state index is -0.135. The molecule has 0 saturated heterocycles. The SMILES string of the molecule is CCCCOc1ccccc1-c1nc2ccccc2c(=O)[nH]1. The molecule has 0 aliphatic heterocycles. The van der Waals surface area contributed by atoms with Crippen molar-refractivity contribution >= 4 is 10.9 Å². The number of rotatable bonds is 5. The largest absolute Gasteiger partial charge is 0.493 e. The van der Waals surface area contributed by atoms with Gasteiger partial charge in [-0.15, -0.1) is 0 Å². The summed E-state index contributed by atoms with van der Waals surface area (Å²) in [6, 6.07) is 15.0. The summed E-state index contributed by atoms with van der Waals surface area (Å²) < 4.78 is 5.82. The Balaban J connectivity index is 2.06. The molecular formula is C18H18N2O2. The second-order valence-electron chi connectivity index (χ2n) is 5.13. The van der Waals surface area contributed by atoms with Crippen molar-refractivity contribution in [2.24, 2.45) is 0 Å². The Bertz CT molecular complexity index is 840. The molecule has 4 heteroatoms. The molecule has 0 unspecified atom stereocenters. The van der Waals surface area contributed by atoms with Gasteiger partial charge in [-0.05, 0) is 30.7 Å². The molecule has 0 radical (unpaired) electrons. The van der Waals surface area contributed by atoms with E-state index in [-0.39, 0.29) is 5.56 Å². The van der Waals surface area contributed by atoms with E-state index in [4.69, 9.17) is 4.74 Å².